The van der Waals surface area contributed by atoms with Crippen LogP contribution in [-0.4, -0.2) is 0 Å². The Morgan fingerprint density at radius 3 is 1.56 bits per heavy atom. The third-order valence-electron chi connectivity index (χ3n) is 0.607. The van der Waals surface area contributed by atoms with Crippen LogP contribution in [0.25, 0.3) is 0 Å². The first-order chi connectivity index (χ1) is 4.00. The van der Waals surface area contributed by atoms with Crippen molar-refractivity contribution in [1.29, 1.82) is 0 Å². The molecule has 0 fully saturated rings. The molecular formula is C9H11. The molecule has 0 nitrogen and oxygen atoms in total. The Labute approximate surface area is 57.8 Å². The topological polar surface area (TPSA) is 0 Å². The van der Waals surface area contributed by atoms with Gasteiger partial charge in [0.25, 0.3) is 0 Å². The van der Waals surface area contributed by atoms with Gasteiger partial charge in [0.05, 0.1) is 0 Å². The van der Waals surface area contributed by atoms with E-state index in [4.69, 9.17) is 0 Å². The summed E-state index contributed by atoms with van der Waals surface area (Å²) in [6, 6.07) is 12.5. The molecule has 0 heterocycles. The maximum absolute atomic E-state index is 4.25. The Morgan fingerprint density at radius 1 is 1.00 bits per heavy atom. The van der Waals surface area contributed by atoms with Gasteiger partial charge < -0.3 is 0 Å². The molecule has 0 spiro atoms. The Morgan fingerprint density at radius 2 is 1.44 bits per heavy atom. The minimum Gasteiger partial charge on any atom is -0.0991 e. The van der Waals surface area contributed by atoms with Crippen LogP contribution in [0.1, 0.15) is 0 Å². The van der Waals surface area contributed by atoms with Crippen LogP contribution >= 0.6 is 0 Å². The summed E-state index contributed by atoms with van der Waals surface area (Å²) in [5, 5.41) is 0. The summed E-state index contributed by atoms with van der Waals surface area (Å²) in [6.07, 6.45) is 0. The Hall–Kier alpha value is -1.04. The van der Waals surface area contributed by atoms with Crippen LogP contribution in [0.3, 0.4) is 0 Å². The Kier molecular flexibility index (Phi) is 12.1. The van der Waals surface area contributed by atoms with Gasteiger partial charge in [0.1, 0.15) is 0 Å². The Bertz CT molecular complexity index is 82.9. The van der Waals surface area contributed by atoms with E-state index in [0.29, 0.717) is 0 Å². The van der Waals surface area contributed by atoms with Gasteiger partial charge in [-0.2, -0.15) is 0 Å². The van der Waals surface area contributed by atoms with E-state index < -0.39 is 0 Å². The van der Waals surface area contributed by atoms with Crippen molar-refractivity contribution >= 4 is 0 Å². The zero-order valence-electron chi connectivity index (χ0n) is 5.67. The van der Waals surface area contributed by atoms with E-state index in [-0.39, 0.29) is 7.43 Å². The highest BCUT2D eigenvalue weighted by Gasteiger charge is 1.58. The van der Waals surface area contributed by atoms with E-state index in [9.17, 15) is 0 Å². The highest BCUT2D eigenvalue weighted by Crippen LogP contribution is 1.78. The van der Waals surface area contributed by atoms with E-state index in [1.54, 1.807) is 0 Å². The molecule has 0 unspecified atom stereocenters. The maximum Gasteiger partial charge on any atom is -0.0184 e. The molecule has 0 aliphatic heterocycles. The lowest BCUT2D eigenvalue weighted by atomic mass is 10.4. The Balaban J connectivity index is 0. The summed E-state index contributed by atoms with van der Waals surface area (Å²) in [6.45, 7) is 7.00. The highest BCUT2D eigenvalue weighted by atomic mass is 13.6. The van der Waals surface area contributed by atoms with Crippen LogP contribution in [0.4, 0.5) is 0 Å². The lowest BCUT2D eigenvalue weighted by Gasteiger charge is -1.68. The predicted molar refractivity (Wildman–Crippen MR) is 41.6 cm³/mol. The van der Waals surface area contributed by atoms with Crippen LogP contribution < -0.4 is 0 Å². The monoisotopic (exact) mass is 119 g/mol. The molecule has 9 heavy (non-hydrogen) atoms. The summed E-state index contributed by atoms with van der Waals surface area (Å²) >= 11 is 0. The second kappa shape index (κ2) is 10.0. The summed E-state index contributed by atoms with van der Waals surface area (Å²) in [5.74, 6) is 0. The van der Waals surface area contributed by atoms with E-state index in [0.717, 1.165) is 0 Å². The lowest BCUT2D eigenvalue weighted by molar-refractivity contribution is 1.70. The summed E-state index contributed by atoms with van der Waals surface area (Å²) in [5.41, 5.74) is 0. The van der Waals surface area contributed by atoms with Crippen LogP contribution in [0.15, 0.2) is 36.9 Å². The zero-order valence-corrected chi connectivity index (χ0v) is 5.67. The van der Waals surface area contributed by atoms with Crippen molar-refractivity contribution in [3.63, 3.8) is 0 Å². The van der Waals surface area contributed by atoms with Crippen molar-refractivity contribution in [2.75, 3.05) is 0 Å². The molecule has 0 bridgehead atoms. The molecule has 0 saturated carbocycles. The predicted octanol–water partition coefficient (Wildman–Crippen LogP) is 2.54. The average Bonchev–Trinajstić information content (AvgIpc) is 1.96. The molecule has 0 aliphatic rings. The van der Waals surface area contributed by atoms with Crippen molar-refractivity contribution in [2.45, 2.75) is 0 Å². The molecule has 1 aromatic carbocycles. The molecule has 0 saturated heterocycles. The quantitative estimate of drug-likeness (QED) is 0.492. The normalized spacial score (nSPS) is 5.78. The van der Waals surface area contributed by atoms with Crippen molar-refractivity contribution in [3.8, 4) is 0 Å². The minimum atomic E-state index is 0. The molecule has 1 aromatic rings. The molecule has 47 valence electrons. The third kappa shape index (κ3) is 6.96. The van der Waals surface area contributed by atoms with Gasteiger partial charge in [0, 0.05) is 0 Å². The average molecular weight is 119 g/mol. The lowest BCUT2D eigenvalue weighted by Crippen LogP contribution is -1.49. The number of rotatable bonds is 0. The highest BCUT2D eigenvalue weighted by molar-refractivity contribution is 4.97. The summed E-state index contributed by atoms with van der Waals surface area (Å²) in [4.78, 5) is 0. The van der Waals surface area contributed by atoms with Crippen molar-refractivity contribution in [3.05, 3.63) is 57.0 Å². The summed E-state index contributed by atoms with van der Waals surface area (Å²) < 4.78 is 0. The molecule has 1 rings (SSSR count). The molecule has 0 heteroatoms. The first-order valence-electron chi connectivity index (χ1n) is 2.32. The second-order valence-electron chi connectivity index (χ2n) is 1.08. The van der Waals surface area contributed by atoms with Crippen LogP contribution in [0.2, 0.25) is 0 Å². The number of hydrogen-bond donors (Lipinski definition) is 0. The fourth-order valence-electron chi connectivity index (χ4n) is 0.342. The third-order valence-corrected chi connectivity index (χ3v) is 0.607. The fraction of sp³-hybridized carbons (Fsp3) is 0. The van der Waals surface area contributed by atoms with E-state index in [1.807, 2.05) is 30.3 Å². The molecule has 0 atom stereocenters. The summed E-state index contributed by atoms with van der Waals surface area (Å²) in [7, 11) is 0. The standard InChI is InChI=1S/C6H5.C2H3.CH3/c1-2-4-6-5-3-1;1-2;/h1-5H;1H,2H2;1H3. The smallest absolute Gasteiger partial charge is 0.0184 e. The first-order valence-corrected chi connectivity index (χ1v) is 2.32. The van der Waals surface area contributed by atoms with Gasteiger partial charge >= 0.3 is 0 Å². The van der Waals surface area contributed by atoms with Gasteiger partial charge in [0.2, 0.25) is 0 Å². The van der Waals surface area contributed by atoms with Gasteiger partial charge in [-0.1, -0.05) is 50.9 Å². The van der Waals surface area contributed by atoms with Gasteiger partial charge in [-0.25, -0.2) is 0 Å². The van der Waals surface area contributed by atoms with Crippen molar-refractivity contribution < 1.29 is 0 Å². The van der Waals surface area contributed by atoms with Crippen molar-refractivity contribution in [1.82, 2.24) is 0 Å². The zero-order chi connectivity index (χ0) is 6.24. The van der Waals surface area contributed by atoms with Gasteiger partial charge in [-0.05, 0) is 6.07 Å². The maximum atomic E-state index is 4.25. The molecular weight excluding hydrogens is 108 g/mol. The largest absolute Gasteiger partial charge is 0.0991 e. The van der Waals surface area contributed by atoms with E-state index in [2.05, 4.69) is 19.2 Å². The molecule has 0 N–H and O–H groups in total. The van der Waals surface area contributed by atoms with Gasteiger partial charge in [-0.3, -0.25) is 0 Å². The molecule has 0 aliphatic carbocycles. The van der Waals surface area contributed by atoms with Gasteiger partial charge in [0.15, 0.2) is 0 Å². The number of hydrogen-bond acceptors (Lipinski definition) is 0. The van der Waals surface area contributed by atoms with Crippen LogP contribution in [-0.2, 0) is 0 Å². The molecule has 0 aromatic heterocycles. The minimum absolute atomic E-state index is 0. The second-order valence-corrected chi connectivity index (χ2v) is 1.08. The first kappa shape index (κ1) is 10.9. The number of benzene rings is 1. The van der Waals surface area contributed by atoms with Crippen molar-refractivity contribution in [2.24, 2.45) is 0 Å². The van der Waals surface area contributed by atoms with E-state index >= 15 is 0 Å². The van der Waals surface area contributed by atoms with Gasteiger partial charge in [-0.15, -0.1) is 0 Å². The van der Waals surface area contributed by atoms with E-state index in [1.165, 1.54) is 0 Å². The van der Waals surface area contributed by atoms with Crippen LogP contribution in [0.5, 0.6) is 0 Å². The molecule has 3 radical (unpaired) electrons. The molecule has 0 amide bonds. The fourth-order valence-corrected chi connectivity index (χ4v) is 0.342. The van der Waals surface area contributed by atoms with Crippen LogP contribution in [0, 0.1) is 20.1 Å². The SMILES string of the molecule is [CH3].[CH]=C.[c]1ccccc1.